The second-order valence-corrected chi connectivity index (χ2v) is 6.49. The molecule has 0 radical (unpaired) electrons. The van der Waals surface area contributed by atoms with E-state index in [2.05, 4.69) is 10.3 Å². The highest BCUT2D eigenvalue weighted by atomic mass is 32.2. The van der Waals surface area contributed by atoms with Crippen LogP contribution in [0.25, 0.3) is 0 Å². The van der Waals surface area contributed by atoms with Gasteiger partial charge in [0, 0.05) is 12.8 Å². The summed E-state index contributed by atoms with van der Waals surface area (Å²) in [5, 5.41) is 2.80. The van der Waals surface area contributed by atoms with Gasteiger partial charge >= 0.3 is 6.03 Å². The van der Waals surface area contributed by atoms with Gasteiger partial charge in [0.2, 0.25) is 5.91 Å². The Morgan fingerprint density at radius 1 is 1.33 bits per heavy atom. The van der Waals surface area contributed by atoms with E-state index in [4.69, 9.17) is 5.73 Å². The lowest BCUT2D eigenvalue weighted by atomic mass is 10.1. The van der Waals surface area contributed by atoms with Crippen molar-refractivity contribution in [2.24, 2.45) is 10.7 Å². The van der Waals surface area contributed by atoms with E-state index in [1.165, 1.54) is 16.7 Å². The van der Waals surface area contributed by atoms with Gasteiger partial charge in [-0.05, 0) is 5.56 Å². The maximum absolute atomic E-state index is 12.2. The maximum atomic E-state index is 12.2. The number of amidine groups is 1. The minimum atomic E-state index is -0.738. The Kier molecular flexibility index (Phi) is 4.43. The number of aliphatic imine (C=N–C) groups is 1. The Bertz CT molecular complexity index is 708. The number of hydrogen-bond donors (Lipinski definition) is 2. The molecule has 24 heavy (non-hydrogen) atoms. The number of nitrogens with one attached hydrogen (secondary N) is 1. The molecule has 0 spiro atoms. The SMILES string of the molecule is CN1C(=O)NC(=O)C2C1N=C(SCc1ccccc1)N2CC(N)=O. The largest absolute Gasteiger partial charge is 0.368 e. The molecule has 1 aromatic rings. The zero-order valence-corrected chi connectivity index (χ0v) is 13.8. The van der Waals surface area contributed by atoms with Gasteiger partial charge in [0.15, 0.2) is 17.4 Å². The maximum Gasteiger partial charge on any atom is 0.325 e. The van der Waals surface area contributed by atoms with Crippen LogP contribution in [-0.2, 0) is 15.3 Å². The number of carbonyl (C=O) groups excluding carboxylic acids is 3. The number of amides is 4. The third-order valence-corrected chi connectivity index (χ3v) is 4.94. The molecule has 2 aliphatic heterocycles. The Hall–Kier alpha value is -2.55. The van der Waals surface area contributed by atoms with Crippen LogP contribution in [0.5, 0.6) is 0 Å². The quantitative estimate of drug-likeness (QED) is 0.794. The molecule has 126 valence electrons. The monoisotopic (exact) mass is 347 g/mol. The van der Waals surface area contributed by atoms with Crippen LogP contribution in [0.15, 0.2) is 35.3 Å². The topological polar surface area (TPSA) is 108 Å². The highest BCUT2D eigenvalue weighted by Crippen LogP contribution is 2.29. The number of fused-ring (bicyclic) bond motifs is 1. The van der Waals surface area contributed by atoms with Crippen molar-refractivity contribution in [1.82, 2.24) is 15.1 Å². The van der Waals surface area contributed by atoms with Crippen molar-refractivity contribution in [3.63, 3.8) is 0 Å². The Morgan fingerprint density at radius 3 is 2.71 bits per heavy atom. The lowest BCUT2D eigenvalue weighted by Gasteiger charge is -2.35. The highest BCUT2D eigenvalue weighted by molar-refractivity contribution is 8.13. The average molecular weight is 347 g/mol. The number of nitrogens with two attached hydrogens (primary N) is 1. The third-order valence-electron chi connectivity index (χ3n) is 3.86. The van der Waals surface area contributed by atoms with Crippen LogP contribution in [0.2, 0.25) is 0 Å². The van der Waals surface area contributed by atoms with E-state index in [1.54, 1.807) is 11.9 Å². The summed E-state index contributed by atoms with van der Waals surface area (Å²) in [4.78, 5) is 42.8. The van der Waals surface area contributed by atoms with Gasteiger partial charge in [-0.3, -0.25) is 14.9 Å². The Labute approximate surface area is 143 Å². The van der Waals surface area contributed by atoms with Crippen LogP contribution in [0, 0.1) is 0 Å². The van der Waals surface area contributed by atoms with Crippen molar-refractivity contribution in [2.45, 2.75) is 18.0 Å². The zero-order chi connectivity index (χ0) is 17.3. The molecular weight excluding hydrogens is 330 g/mol. The number of carbonyl (C=O) groups is 3. The van der Waals surface area contributed by atoms with Crippen molar-refractivity contribution in [2.75, 3.05) is 13.6 Å². The molecule has 4 amide bonds. The number of rotatable bonds is 4. The fraction of sp³-hybridized carbons (Fsp3) is 0.333. The average Bonchev–Trinajstić information content (AvgIpc) is 2.90. The lowest BCUT2D eigenvalue weighted by molar-refractivity contribution is -0.128. The van der Waals surface area contributed by atoms with Crippen LogP contribution < -0.4 is 11.1 Å². The normalized spacial score (nSPS) is 23.0. The third kappa shape index (κ3) is 3.07. The first-order valence-electron chi connectivity index (χ1n) is 7.34. The number of likely N-dealkylation sites (N-methyl/N-ethyl adjacent to an activating group) is 1. The molecule has 3 rings (SSSR count). The number of imide groups is 1. The van der Waals surface area contributed by atoms with E-state index in [0.29, 0.717) is 10.9 Å². The molecule has 2 aliphatic rings. The van der Waals surface area contributed by atoms with Gasteiger partial charge in [-0.25, -0.2) is 9.79 Å². The van der Waals surface area contributed by atoms with E-state index >= 15 is 0 Å². The van der Waals surface area contributed by atoms with Crippen LogP contribution in [0.3, 0.4) is 0 Å². The van der Waals surface area contributed by atoms with E-state index in [-0.39, 0.29) is 6.54 Å². The molecule has 2 unspecified atom stereocenters. The minimum Gasteiger partial charge on any atom is -0.368 e. The molecule has 0 bridgehead atoms. The minimum absolute atomic E-state index is 0.128. The molecule has 8 nitrogen and oxygen atoms in total. The van der Waals surface area contributed by atoms with Crippen molar-refractivity contribution in [1.29, 1.82) is 0 Å². The number of hydrogen-bond acceptors (Lipinski definition) is 6. The molecule has 0 saturated carbocycles. The number of benzene rings is 1. The molecule has 0 aliphatic carbocycles. The second-order valence-electron chi connectivity index (χ2n) is 5.54. The first kappa shape index (κ1) is 16.3. The zero-order valence-electron chi connectivity index (χ0n) is 13.0. The Balaban J connectivity index is 1.83. The molecule has 2 atom stereocenters. The summed E-state index contributed by atoms with van der Waals surface area (Å²) in [6.45, 7) is -0.128. The summed E-state index contributed by atoms with van der Waals surface area (Å²) in [5.74, 6) is -0.396. The fourth-order valence-electron chi connectivity index (χ4n) is 2.68. The fourth-order valence-corrected chi connectivity index (χ4v) is 3.69. The van der Waals surface area contributed by atoms with Gasteiger partial charge in [0.05, 0.1) is 6.54 Å². The van der Waals surface area contributed by atoms with Gasteiger partial charge in [-0.2, -0.15) is 0 Å². The van der Waals surface area contributed by atoms with E-state index in [1.807, 2.05) is 30.3 Å². The summed E-state index contributed by atoms with van der Waals surface area (Å²) in [6.07, 6.45) is -0.649. The molecule has 1 fully saturated rings. The summed E-state index contributed by atoms with van der Waals surface area (Å²) in [5.41, 5.74) is 6.40. The first-order valence-corrected chi connectivity index (χ1v) is 8.33. The predicted octanol–water partition coefficient (Wildman–Crippen LogP) is -0.0470. The number of nitrogens with zero attached hydrogens (tertiary/aromatic N) is 3. The molecule has 1 aromatic carbocycles. The summed E-state index contributed by atoms with van der Waals surface area (Å²) >= 11 is 1.41. The van der Waals surface area contributed by atoms with Crippen LogP contribution in [-0.4, -0.2) is 58.6 Å². The van der Waals surface area contributed by atoms with Gasteiger partial charge in [-0.15, -0.1) is 0 Å². The number of primary amides is 1. The van der Waals surface area contributed by atoms with Crippen LogP contribution >= 0.6 is 11.8 Å². The van der Waals surface area contributed by atoms with Crippen molar-refractivity contribution >= 4 is 34.8 Å². The lowest BCUT2D eigenvalue weighted by Crippen LogP contribution is -2.64. The predicted molar refractivity (Wildman–Crippen MR) is 90.0 cm³/mol. The van der Waals surface area contributed by atoms with Gasteiger partial charge in [0.25, 0.3) is 5.91 Å². The first-order chi connectivity index (χ1) is 11.5. The number of urea groups is 1. The highest BCUT2D eigenvalue weighted by Gasteiger charge is 2.48. The molecule has 2 heterocycles. The Morgan fingerprint density at radius 2 is 2.04 bits per heavy atom. The van der Waals surface area contributed by atoms with Gasteiger partial charge < -0.3 is 15.5 Å². The van der Waals surface area contributed by atoms with E-state index < -0.39 is 30.1 Å². The van der Waals surface area contributed by atoms with Crippen molar-refractivity contribution < 1.29 is 14.4 Å². The van der Waals surface area contributed by atoms with Crippen LogP contribution in [0.4, 0.5) is 4.79 Å². The van der Waals surface area contributed by atoms with Crippen molar-refractivity contribution in [3.05, 3.63) is 35.9 Å². The molecule has 0 aromatic heterocycles. The van der Waals surface area contributed by atoms with E-state index in [0.717, 1.165) is 5.56 Å². The molecule has 9 heteroatoms. The summed E-state index contributed by atoms with van der Waals surface area (Å²) < 4.78 is 0. The number of thioether (sulfide) groups is 1. The van der Waals surface area contributed by atoms with Gasteiger partial charge in [0.1, 0.15) is 0 Å². The molecular formula is C15H17N5O3S. The van der Waals surface area contributed by atoms with Crippen LogP contribution in [0.1, 0.15) is 5.56 Å². The molecule has 1 saturated heterocycles. The summed E-state index contributed by atoms with van der Waals surface area (Å²) in [7, 11) is 1.57. The summed E-state index contributed by atoms with van der Waals surface area (Å²) in [6, 6.07) is 8.53. The second kappa shape index (κ2) is 6.52. The van der Waals surface area contributed by atoms with Crippen molar-refractivity contribution in [3.8, 4) is 0 Å². The van der Waals surface area contributed by atoms with Gasteiger partial charge in [-0.1, -0.05) is 42.1 Å². The van der Waals surface area contributed by atoms with E-state index in [9.17, 15) is 14.4 Å². The molecule has 3 N–H and O–H groups in total. The standard InChI is InChI=1S/C15H17N5O3S/c1-19-12-11(13(22)18-14(19)23)20(7-10(16)21)15(17-12)24-8-9-5-3-2-4-6-9/h2-6,11-12H,7-8H2,1H3,(H2,16,21)(H,18,22,23). The smallest absolute Gasteiger partial charge is 0.325 e.